The Morgan fingerprint density at radius 3 is 2.50 bits per heavy atom. The summed E-state index contributed by atoms with van der Waals surface area (Å²) in [6, 6.07) is 8.71. The Bertz CT molecular complexity index is 911. The molecule has 2 aromatic rings. The molecule has 162 valence electrons. The fourth-order valence-electron chi connectivity index (χ4n) is 2.55. The molecule has 0 saturated heterocycles. The first-order valence-corrected chi connectivity index (χ1v) is 10.9. The van der Waals surface area contributed by atoms with E-state index in [0.29, 0.717) is 41.0 Å². The quantitative estimate of drug-likeness (QED) is 0.358. The van der Waals surface area contributed by atoms with Gasteiger partial charge in [0, 0.05) is 22.1 Å². The van der Waals surface area contributed by atoms with Crippen LogP contribution in [0.2, 0.25) is 5.02 Å². The number of thiocarbonyl (C=S) groups is 1. The topological polar surface area (TPSA) is 68.8 Å². The van der Waals surface area contributed by atoms with Crippen molar-refractivity contribution in [1.29, 1.82) is 0 Å². The SMILES string of the molecule is CCCCOc1ccc(Br)cc1C(=O)NC(=S)NCc1cc(OC)c(OC)cc1Cl. The molecule has 0 aromatic heterocycles. The van der Waals surface area contributed by atoms with E-state index in [4.69, 9.17) is 38.0 Å². The van der Waals surface area contributed by atoms with E-state index in [2.05, 4.69) is 33.5 Å². The number of carbonyl (C=O) groups is 1. The molecule has 0 fully saturated rings. The van der Waals surface area contributed by atoms with E-state index in [-0.39, 0.29) is 11.0 Å². The fourth-order valence-corrected chi connectivity index (χ4v) is 3.30. The summed E-state index contributed by atoms with van der Waals surface area (Å²) in [6.07, 6.45) is 1.91. The number of methoxy groups -OCH3 is 2. The van der Waals surface area contributed by atoms with Crippen molar-refractivity contribution in [2.24, 2.45) is 0 Å². The predicted molar refractivity (Wildman–Crippen MR) is 126 cm³/mol. The number of benzene rings is 2. The number of rotatable bonds is 9. The van der Waals surface area contributed by atoms with Crippen LogP contribution in [-0.2, 0) is 6.54 Å². The van der Waals surface area contributed by atoms with Crippen molar-refractivity contribution in [3.8, 4) is 17.2 Å². The Labute approximate surface area is 195 Å². The Balaban J connectivity index is 2.03. The normalized spacial score (nSPS) is 10.3. The largest absolute Gasteiger partial charge is 0.493 e. The molecule has 2 N–H and O–H groups in total. The first kappa shape index (κ1) is 24.2. The van der Waals surface area contributed by atoms with E-state index in [0.717, 1.165) is 22.9 Å². The molecule has 0 atom stereocenters. The smallest absolute Gasteiger partial charge is 0.261 e. The van der Waals surface area contributed by atoms with Crippen LogP contribution in [-0.4, -0.2) is 31.8 Å². The second-order valence-corrected chi connectivity index (χ2v) is 8.01. The summed E-state index contributed by atoms with van der Waals surface area (Å²) in [5, 5.41) is 6.32. The maximum atomic E-state index is 12.7. The van der Waals surface area contributed by atoms with Gasteiger partial charge in [0.25, 0.3) is 5.91 Å². The Kier molecular flexibility index (Phi) is 9.68. The molecule has 0 radical (unpaired) electrons. The summed E-state index contributed by atoms with van der Waals surface area (Å²) in [5.41, 5.74) is 1.14. The molecule has 0 heterocycles. The lowest BCUT2D eigenvalue weighted by Crippen LogP contribution is -2.39. The molecular weight excluding hydrogens is 492 g/mol. The molecule has 9 heteroatoms. The van der Waals surface area contributed by atoms with Crippen molar-refractivity contribution in [2.45, 2.75) is 26.3 Å². The number of carbonyl (C=O) groups excluding carboxylic acids is 1. The molecule has 0 bridgehead atoms. The van der Waals surface area contributed by atoms with Crippen molar-refractivity contribution in [1.82, 2.24) is 10.6 Å². The van der Waals surface area contributed by atoms with E-state index in [1.165, 1.54) is 0 Å². The lowest BCUT2D eigenvalue weighted by molar-refractivity contribution is 0.0972. The molecule has 0 aliphatic carbocycles. The third kappa shape index (κ3) is 6.75. The van der Waals surface area contributed by atoms with E-state index in [9.17, 15) is 4.79 Å². The summed E-state index contributed by atoms with van der Waals surface area (Å²) < 4.78 is 17.0. The van der Waals surface area contributed by atoms with Gasteiger partial charge in [-0.15, -0.1) is 0 Å². The molecule has 0 saturated carbocycles. The Morgan fingerprint density at radius 2 is 1.83 bits per heavy atom. The van der Waals surface area contributed by atoms with Crippen molar-refractivity contribution < 1.29 is 19.0 Å². The zero-order valence-corrected chi connectivity index (χ0v) is 20.2. The van der Waals surface area contributed by atoms with Crippen LogP contribution in [0.3, 0.4) is 0 Å². The van der Waals surface area contributed by atoms with Gasteiger partial charge in [-0.2, -0.15) is 0 Å². The average Bonchev–Trinajstić information content (AvgIpc) is 2.73. The lowest BCUT2D eigenvalue weighted by Gasteiger charge is -2.15. The maximum Gasteiger partial charge on any atom is 0.261 e. The molecule has 0 spiro atoms. The van der Waals surface area contributed by atoms with Crippen LogP contribution < -0.4 is 24.8 Å². The third-order valence-corrected chi connectivity index (χ3v) is 5.25. The van der Waals surface area contributed by atoms with Gasteiger partial charge in [0.2, 0.25) is 0 Å². The second kappa shape index (κ2) is 12.0. The van der Waals surface area contributed by atoms with Gasteiger partial charge in [-0.1, -0.05) is 40.9 Å². The van der Waals surface area contributed by atoms with Gasteiger partial charge in [-0.25, -0.2) is 0 Å². The lowest BCUT2D eigenvalue weighted by atomic mass is 10.2. The summed E-state index contributed by atoms with van der Waals surface area (Å²) in [5.74, 6) is 1.23. The molecule has 2 rings (SSSR count). The Morgan fingerprint density at radius 1 is 1.13 bits per heavy atom. The number of halogens is 2. The molecule has 30 heavy (non-hydrogen) atoms. The van der Waals surface area contributed by atoms with Crippen molar-refractivity contribution in [3.63, 3.8) is 0 Å². The van der Waals surface area contributed by atoms with Crippen LogP contribution in [0.5, 0.6) is 17.2 Å². The van der Waals surface area contributed by atoms with Crippen LogP contribution in [0.15, 0.2) is 34.8 Å². The van der Waals surface area contributed by atoms with Crippen LogP contribution in [0.1, 0.15) is 35.7 Å². The number of unbranched alkanes of at least 4 members (excludes halogenated alkanes) is 1. The third-order valence-electron chi connectivity index (χ3n) is 4.16. The maximum absolute atomic E-state index is 12.7. The highest BCUT2D eigenvalue weighted by molar-refractivity contribution is 9.10. The minimum Gasteiger partial charge on any atom is -0.493 e. The van der Waals surface area contributed by atoms with E-state index in [1.807, 2.05) is 6.07 Å². The van der Waals surface area contributed by atoms with Gasteiger partial charge in [-0.3, -0.25) is 10.1 Å². The predicted octanol–water partition coefficient (Wildman–Crippen LogP) is 5.10. The summed E-state index contributed by atoms with van der Waals surface area (Å²) in [4.78, 5) is 12.7. The zero-order chi connectivity index (χ0) is 22.1. The van der Waals surface area contributed by atoms with E-state index >= 15 is 0 Å². The minimum atomic E-state index is -0.362. The molecule has 0 unspecified atom stereocenters. The average molecular weight is 516 g/mol. The number of nitrogens with one attached hydrogen (secondary N) is 2. The number of ether oxygens (including phenoxy) is 3. The first-order chi connectivity index (χ1) is 14.4. The molecule has 0 aliphatic heterocycles. The van der Waals surface area contributed by atoms with Gasteiger partial charge in [0.15, 0.2) is 16.6 Å². The van der Waals surface area contributed by atoms with Crippen LogP contribution in [0, 0.1) is 0 Å². The summed E-state index contributed by atoms with van der Waals surface area (Å²) in [6.45, 7) is 2.92. The molecule has 1 amide bonds. The first-order valence-electron chi connectivity index (χ1n) is 9.31. The highest BCUT2D eigenvalue weighted by Gasteiger charge is 2.16. The highest BCUT2D eigenvalue weighted by Crippen LogP contribution is 2.33. The minimum absolute atomic E-state index is 0.172. The molecule has 0 aliphatic rings. The number of amides is 1. The van der Waals surface area contributed by atoms with Crippen molar-refractivity contribution in [3.05, 3.63) is 51.0 Å². The second-order valence-electron chi connectivity index (χ2n) is 6.28. The van der Waals surface area contributed by atoms with Crippen molar-refractivity contribution in [2.75, 3.05) is 20.8 Å². The van der Waals surface area contributed by atoms with Crippen LogP contribution in [0.4, 0.5) is 0 Å². The zero-order valence-electron chi connectivity index (χ0n) is 17.0. The monoisotopic (exact) mass is 514 g/mol. The highest BCUT2D eigenvalue weighted by atomic mass is 79.9. The van der Waals surface area contributed by atoms with Crippen molar-refractivity contribution >= 4 is 50.8 Å². The van der Waals surface area contributed by atoms with E-state index in [1.54, 1.807) is 38.5 Å². The molecular formula is C21H24BrClN2O4S. The van der Waals surface area contributed by atoms with Gasteiger partial charge >= 0.3 is 0 Å². The van der Waals surface area contributed by atoms with E-state index < -0.39 is 0 Å². The molecule has 2 aromatic carbocycles. The van der Waals surface area contributed by atoms with Gasteiger partial charge in [0.05, 0.1) is 26.4 Å². The van der Waals surface area contributed by atoms with Gasteiger partial charge in [-0.05, 0) is 48.5 Å². The summed E-state index contributed by atoms with van der Waals surface area (Å²) >= 11 is 14.9. The van der Waals surface area contributed by atoms with Crippen LogP contribution in [0.25, 0.3) is 0 Å². The Hall–Kier alpha value is -2.03. The number of hydrogen-bond acceptors (Lipinski definition) is 5. The standard InChI is InChI=1S/C21H24BrClN2O4S/c1-4-5-8-29-17-7-6-14(22)10-15(17)20(26)25-21(30)24-12-13-9-18(27-2)19(28-3)11-16(13)23/h6-7,9-11H,4-5,8,12H2,1-3H3,(H2,24,25,26,30). The number of hydrogen-bond donors (Lipinski definition) is 2. The fraction of sp³-hybridized carbons (Fsp3) is 0.333. The van der Waals surface area contributed by atoms with Gasteiger partial charge in [0.1, 0.15) is 5.75 Å². The van der Waals surface area contributed by atoms with Gasteiger partial charge < -0.3 is 19.5 Å². The molecule has 6 nitrogen and oxygen atoms in total. The van der Waals surface area contributed by atoms with Crippen LogP contribution >= 0.6 is 39.7 Å². The summed E-state index contributed by atoms with van der Waals surface area (Å²) in [7, 11) is 3.09.